The molecule has 1 rings (SSSR count). The lowest BCUT2D eigenvalue weighted by molar-refractivity contribution is -0.131. The van der Waals surface area contributed by atoms with Crippen molar-refractivity contribution in [3.05, 3.63) is 41.0 Å². The van der Waals surface area contributed by atoms with Crippen LogP contribution < -0.4 is 11.1 Å². The Morgan fingerprint density at radius 1 is 1.35 bits per heavy atom. The van der Waals surface area contributed by atoms with Gasteiger partial charge in [-0.05, 0) is 37.1 Å². The van der Waals surface area contributed by atoms with Gasteiger partial charge in [-0.3, -0.25) is 9.59 Å². The molecule has 6 heteroatoms. The molecule has 6 nitrogen and oxygen atoms in total. The average Bonchev–Trinajstić information content (AvgIpc) is 2.36. The van der Waals surface area contributed by atoms with Crippen LogP contribution in [-0.2, 0) is 9.59 Å². The van der Waals surface area contributed by atoms with Crippen LogP contribution in [0, 0.1) is 6.92 Å². The Morgan fingerprint density at radius 2 is 2.00 bits per heavy atom. The number of nitrogens with two attached hydrogens (primary N) is 1. The SMILES string of the molecule is Cc1c(C=CC(=O)O)cccc1C(=O)NC(C)C(N)=O. The first kappa shape index (κ1) is 15.4. The van der Waals surface area contributed by atoms with Crippen molar-refractivity contribution < 1.29 is 19.5 Å². The number of hydrogen-bond acceptors (Lipinski definition) is 3. The molecule has 2 amide bonds. The zero-order valence-electron chi connectivity index (χ0n) is 11.2. The van der Waals surface area contributed by atoms with E-state index in [1.165, 1.54) is 13.0 Å². The summed E-state index contributed by atoms with van der Waals surface area (Å²) in [4.78, 5) is 33.4. The van der Waals surface area contributed by atoms with E-state index in [-0.39, 0.29) is 0 Å². The number of hydrogen-bond donors (Lipinski definition) is 3. The number of nitrogens with one attached hydrogen (secondary N) is 1. The highest BCUT2D eigenvalue weighted by molar-refractivity contribution is 5.99. The minimum Gasteiger partial charge on any atom is -0.478 e. The number of rotatable bonds is 5. The van der Waals surface area contributed by atoms with E-state index in [4.69, 9.17) is 10.8 Å². The van der Waals surface area contributed by atoms with Gasteiger partial charge in [-0.25, -0.2) is 4.79 Å². The third kappa shape index (κ3) is 3.94. The lowest BCUT2D eigenvalue weighted by Crippen LogP contribution is -2.42. The number of amides is 2. The summed E-state index contributed by atoms with van der Waals surface area (Å²) in [6.45, 7) is 3.19. The highest BCUT2D eigenvalue weighted by atomic mass is 16.4. The summed E-state index contributed by atoms with van der Waals surface area (Å²) in [6, 6.07) is 4.15. The quantitative estimate of drug-likeness (QED) is 0.687. The Bertz CT molecular complexity index is 579. The second kappa shape index (κ2) is 6.51. The summed E-state index contributed by atoms with van der Waals surface area (Å²) in [5.74, 6) is -2.13. The van der Waals surface area contributed by atoms with E-state index in [0.29, 0.717) is 16.7 Å². The summed E-state index contributed by atoms with van der Waals surface area (Å²) in [5, 5.41) is 11.1. The monoisotopic (exact) mass is 276 g/mol. The molecule has 0 aromatic heterocycles. The molecule has 0 saturated heterocycles. The van der Waals surface area contributed by atoms with Crippen molar-refractivity contribution in [3.8, 4) is 0 Å². The highest BCUT2D eigenvalue weighted by Gasteiger charge is 2.16. The predicted molar refractivity (Wildman–Crippen MR) is 74.0 cm³/mol. The third-order valence-corrected chi connectivity index (χ3v) is 2.80. The Balaban J connectivity index is 3.02. The molecule has 0 aliphatic rings. The van der Waals surface area contributed by atoms with E-state index in [0.717, 1.165) is 6.08 Å². The van der Waals surface area contributed by atoms with Gasteiger partial charge in [-0.2, -0.15) is 0 Å². The molecule has 0 saturated carbocycles. The van der Waals surface area contributed by atoms with Gasteiger partial charge in [-0.15, -0.1) is 0 Å². The van der Waals surface area contributed by atoms with Crippen molar-refractivity contribution in [3.63, 3.8) is 0 Å². The number of carboxylic acid groups (broad SMARTS) is 1. The third-order valence-electron chi connectivity index (χ3n) is 2.80. The minimum atomic E-state index is -1.07. The second-order valence-corrected chi connectivity index (χ2v) is 4.29. The van der Waals surface area contributed by atoms with Gasteiger partial charge in [0.15, 0.2) is 0 Å². The number of carboxylic acids is 1. The molecule has 4 N–H and O–H groups in total. The van der Waals surface area contributed by atoms with Crippen LogP contribution in [0.2, 0.25) is 0 Å². The molecule has 1 unspecified atom stereocenters. The smallest absolute Gasteiger partial charge is 0.328 e. The van der Waals surface area contributed by atoms with Gasteiger partial charge >= 0.3 is 5.97 Å². The maximum Gasteiger partial charge on any atom is 0.328 e. The van der Waals surface area contributed by atoms with E-state index in [1.807, 2.05) is 0 Å². The highest BCUT2D eigenvalue weighted by Crippen LogP contribution is 2.15. The first-order chi connectivity index (χ1) is 9.32. The van der Waals surface area contributed by atoms with Crippen molar-refractivity contribution in [2.45, 2.75) is 19.9 Å². The van der Waals surface area contributed by atoms with Gasteiger partial charge in [0.2, 0.25) is 5.91 Å². The molecule has 0 spiro atoms. The van der Waals surface area contributed by atoms with Crippen LogP contribution in [0.25, 0.3) is 6.08 Å². The van der Waals surface area contributed by atoms with E-state index in [2.05, 4.69) is 5.32 Å². The van der Waals surface area contributed by atoms with E-state index in [1.54, 1.807) is 25.1 Å². The van der Waals surface area contributed by atoms with Gasteiger partial charge in [0, 0.05) is 11.6 Å². The zero-order chi connectivity index (χ0) is 15.3. The topological polar surface area (TPSA) is 109 Å². The Morgan fingerprint density at radius 3 is 2.55 bits per heavy atom. The largest absolute Gasteiger partial charge is 0.478 e. The Kier molecular flexibility index (Phi) is 5.02. The van der Waals surface area contributed by atoms with E-state index in [9.17, 15) is 14.4 Å². The predicted octanol–water partition coefficient (Wildman–Crippen LogP) is 0.696. The molecule has 1 aromatic carbocycles. The minimum absolute atomic E-state index is 0.366. The maximum atomic E-state index is 12.0. The standard InChI is InChI=1S/C14H16N2O4/c1-8-10(6-7-12(17)18)4-3-5-11(8)14(20)16-9(2)13(15)19/h3-7,9H,1-2H3,(H2,15,19)(H,16,20)(H,17,18). The summed E-state index contributed by atoms with van der Waals surface area (Å²) in [5.41, 5.74) is 6.69. The second-order valence-electron chi connectivity index (χ2n) is 4.29. The van der Waals surface area contributed by atoms with Crippen LogP contribution in [0.15, 0.2) is 24.3 Å². The summed E-state index contributed by atoms with van der Waals surface area (Å²) < 4.78 is 0. The average molecular weight is 276 g/mol. The number of carbonyl (C=O) groups is 3. The summed E-state index contributed by atoms with van der Waals surface area (Å²) in [6.07, 6.45) is 2.40. The molecule has 0 aliphatic heterocycles. The fraction of sp³-hybridized carbons (Fsp3) is 0.214. The molecule has 1 atom stereocenters. The molecular formula is C14H16N2O4. The fourth-order valence-electron chi connectivity index (χ4n) is 1.59. The van der Waals surface area contributed by atoms with Crippen LogP contribution in [0.1, 0.15) is 28.4 Å². The zero-order valence-corrected chi connectivity index (χ0v) is 11.2. The fourth-order valence-corrected chi connectivity index (χ4v) is 1.59. The van der Waals surface area contributed by atoms with Crippen molar-refractivity contribution in [1.82, 2.24) is 5.32 Å². The molecule has 0 radical (unpaired) electrons. The lowest BCUT2D eigenvalue weighted by Gasteiger charge is -2.12. The van der Waals surface area contributed by atoms with Gasteiger partial charge < -0.3 is 16.2 Å². The lowest BCUT2D eigenvalue weighted by atomic mass is 10.0. The molecular weight excluding hydrogens is 260 g/mol. The molecule has 1 aromatic rings. The Hall–Kier alpha value is -2.63. The molecule has 0 heterocycles. The Labute approximate surface area is 116 Å². The van der Waals surface area contributed by atoms with Crippen LogP contribution in [0.5, 0.6) is 0 Å². The molecule has 0 aliphatic carbocycles. The van der Waals surface area contributed by atoms with Crippen LogP contribution in [0.4, 0.5) is 0 Å². The van der Waals surface area contributed by atoms with E-state index >= 15 is 0 Å². The van der Waals surface area contributed by atoms with Gasteiger partial charge in [0.1, 0.15) is 6.04 Å². The van der Waals surface area contributed by atoms with Crippen LogP contribution in [-0.4, -0.2) is 28.9 Å². The van der Waals surface area contributed by atoms with Crippen molar-refractivity contribution in [1.29, 1.82) is 0 Å². The number of primary amides is 1. The molecule has 106 valence electrons. The molecule has 20 heavy (non-hydrogen) atoms. The van der Waals surface area contributed by atoms with Gasteiger partial charge in [0.05, 0.1) is 0 Å². The molecule has 0 fully saturated rings. The van der Waals surface area contributed by atoms with Gasteiger partial charge in [-0.1, -0.05) is 12.1 Å². The van der Waals surface area contributed by atoms with Crippen molar-refractivity contribution in [2.75, 3.05) is 0 Å². The van der Waals surface area contributed by atoms with Crippen LogP contribution in [0.3, 0.4) is 0 Å². The number of benzene rings is 1. The van der Waals surface area contributed by atoms with Crippen molar-refractivity contribution in [2.24, 2.45) is 5.73 Å². The first-order valence-corrected chi connectivity index (χ1v) is 5.93. The normalized spacial score (nSPS) is 12.1. The first-order valence-electron chi connectivity index (χ1n) is 5.93. The van der Waals surface area contributed by atoms with E-state index < -0.39 is 23.8 Å². The maximum absolute atomic E-state index is 12.0. The van der Waals surface area contributed by atoms with Crippen molar-refractivity contribution >= 4 is 23.9 Å². The van der Waals surface area contributed by atoms with Gasteiger partial charge in [0.25, 0.3) is 5.91 Å². The summed E-state index contributed by atoms with van der Waals surface area (Å²) in [7, 11) is 0. The number of carbonyl (C=O) groups excluding carboxylic acids is 2. The molecule has 0 bridgehead atoms. The van der Waals surface area contributed by atoms with Crippen LogP contribution >= 0.6 is 0 Å². The summed E-state index contributed by atoms with van der Waals surface area (Å²) >= 11 is 0. The number of aliphatic carboxylic acids is 1.